The lowest BCUT2D eigenvalue weighted by atomic mass is 10.2. The summed E-state index contributed by atoms with van der Waals surface area (Å²) < 4.78 is 6.07. The molecular weight excluding hydrogens is 354 g/mol. The van der Waals surface area contributed by atoms with Gasteiger partial charge >= 0.3 is 0 Å². The van der Waals surface area contributed by atoms with Gasteiger partial charge in [-0.3, -0.25) is 4.79 Å². The Kier molecular flexibility index (Phi) is 3.85. The minimum absolute atomic E-state index is 0.182. The zero-order valence-corrected chi connectivity index (χ0v) is 13.4. The summed E-state index contributed by atoms with van der Waals surface area (Å²) in [6.45, 7) is 1.75. The molecule has 0 atom stereocenters. The number of hydrogen-bond acceptors (Lipinski definition) is 5. The summed E-state index contributed by atoms with van der Waals surface area (Å²) in [5.41, 5.74) is 1.24. The van der Waals surface area contributed by atoms with E-state index >= 15 is 0 Å². The van der Waals surface area contributed by atoms with Crippen LogP contribution in [0.1, 0.15) is 16.2 Å². The van der Waals surface area contributed by atoms with E-state index < -0.39 is 0 Å². The van der Waals surface area contributed by atoms with E-state index in [2.05, 4.69) is 31.4 Å². The number of aryl methyl sites for hydroxylation is 1. The molecular formula is C14H10BrN3O2S. The molecule has 0 fully saturated rings. The van der Waals surface area contributed by atoms with Crippen LogP contribution >= 0.6 is 27.3 Å². The summed E-state index contributed by atoms with van der Waals surface area (Å²) in [5, 5.41) is 8.49. The molecule has 1 aromatic carbocycles. The number of rotatable bonds is 3. The number of nitrogens with zero attached hydrogens (tertiary/aromatic N) is 2. The van der Waals surface area contributed by atoms with Crippen molar-refractivity contribution in [3.05, 3.63) is 51.6 Å². The summed E-state index contributed by atoms with van der Waals surface area (Å²) in [7, 11) is 0. The predicted octanol–water partition coefficient (Wildman–Crippen LogP) is 4.12. The van der Waals surface area contributed by atoms with Gasteiger partial charge in [-0.15, -0.1) is 11.3 Å². The van der Waals surface area contributed by atoms with E-state index in [1.54, 1.807) is 19.1 Å². The Labute approximate surface area is 133 Å². The number of nitrogens with one attached hydrogen (secondary N) is 1. The Morgan fingerprint density at radius 1 is 1.29 bits per heavy atom. The van der Waals surface area contributed by atoms with Gasteiger partial charge in [0.15, 0.2) is 5.82 Å². The first-order valence-electron chi connectivity index (χ1n) is 6.08. The van der Waals surface area contributed by atoms with E-state index in [-0.39, 0.29) is 5.91 Å². The quantitative estimate of drug-likeness (QED) is 0.759. The Bertz CT molecular complexity index is 780. The second kappa shape index (κ2) is 5.79. The molecule has 2 aromatic heterocycles. The van der Waals surface area contributed by atoms with Crippen LogP contribution in [0.15, 0.2) is 44.7 Å². The van der Waals surface area contributed by atoms with Crippen molar-refractivity contribution in [1.82, 2.24) is 10.1 Å². The zero-order valence-electron chi connectivity index (χ0n) is 11.0. The molecule has 0 spiro atoms. The highest BCUT2D eigenvalue weighted by Gasteiger charge is 2.16. The second-order valence-electron chi connectivity index (χ2n) is 4.27. The molecule has 7 heteroatoms. The first kappa shape index (κ1) is 14.0. The van der Waals surface area contributed by atoms with Crippen molar-refractivity contribution in [3.8, 4) is 10.8 Å². The van der Waals surface area contributed by atoms with Gasteiger partial charge in [0.2, 0.25) is 0 Å². The lowest BCUT2D eigenvalue weighted by Gasteiger charge is -2.04. The van der Waals surface area contributed by atoms with E-state index in [9.17, 15) is 4.79 Å². The second-order valence-corrected chi connectivity index (χ2v) is 6.10. The van der Waals surface area contributed by atoms with Crippen LogP contribution in [0.25, 0.3) is 10.8 Å². The maximum Gasteiger partial charge on any atom is 0.270 e. The van der Waals surface area contributed by atoms with Crippen molar-refractivity contribution in [2.75, 3.05) is 5.32 Å². The van der Waals surface area contributed by atoms with Gasteiger partial charge in [-0.2, -0.15) is 4.98 Å². The topological polar surface area (TPSA) is 68.0 Å². The molecule has 0 unspecified atom stereocenters. The maximum atomic E-state index is 12.2. The summed E-state index contributed by atoms with van der Waals surface area (Å²) in [4.78, 5) is 17.2. The number of hydrogen-bond donors (Lipinski definition) is 1. The fourth-order valence-corrected chi connectivity index (χ4v) is 2.79. The monoisotopic (exact) mass is 363 g/mol. The molecule has 0 bridgehead atoms. The average molecular weight is 364 g/mol. The van der Waals surface area contributed by atoms with Crippen LogP contribution < -0.4 is 5.32 Å². The summed E-state index contributed by atoms with van der Waals surface area (Å²) >= 11 is 4.78. The molecule has 1 N–H and O–H groups in total. The SMILES string of the molecule is Cc1noc(-c2sccc2NC(=O)c2ccc(Br)cc2)n1. The van der Waals surface area contributed by atoms with Gasteiger partial charge in [0.25, 0.3) is 11.8 Å². The molecule has 3 aromatic rings. The number of anilines is 1. The molecule has 0 aliphatic rings. The van der Waals surface area contributed by atoms with E-state index in [4.69, 9.17) is 4.52 Å². The zero-order chi connectivity index (χ0) is 14.8. The summed E-state index contributed by atoms with van der Waals surface area (Å²) in [5.74, 6) is 0.788. The highest BCUT2D eigenvalue weighted by Crippen LogP contribution is 2.32. The third kappa shape index (κ3) is 3.03. The van der Waals surface area contributed by atoms with Gasteiger partial charge in [-0.05, 0) is 42.6 Å². The molecule has 3 rings (SSSR count). The van der Waals surface area contributed by atoms with Gasteiger partial charge in [-0.1, -0.05) is 21.1 Å². The normalized spacial score (nSPS) is 10.6. The molecule has 21 heavy (non-hydrogen) atoms. The van der Waals surface area contributed by atoms with Crippen molar-refractivity contribution in [3.63, 3.8) is 0 Å². The van der Waals surface area contributed by atoms with E-state index in [1.165, 1.54) is 11.3 Å². The highest BCUT2D eigenvalue weighted by atomic mass is 79.9. The fourth-order valence-electron chi connectivity index (χ4n) is 1.76. The number of carbonyl (C=O) groups excluding carboxylic acids is 1. The Morgan fingerprint density at radius 3 is 2.71 bits per heavy atom. The molecule has 0 aliphatic heterocycles. The molecule has 0 aliphatic carbocycles. The van der Waals surface area contributed by atoms with Crippen LogP contribution in [0.2, 0.25) is 0 Å². The smallest absolute Gasteiger partial charge is 0.270 e. The summed E-state index contributed by atoms with van der Waals surface area (Å²) in [6.07, 6.45) is 0. The van der Waals surface area contributed by atoms with Gasteiger partial charge in [0, 0.05) is 10.0 Å². The third-order valence-electron chi connectivity index (χ3n) is 2.74. The standard InChI is InChI=1S/C14H10BrN3O2S/c1-8-16-14(20-18-8)12-11(6-7-21-12)17-13(19)9-2-4-10(15)5-3-9/h2-7H,1H3,(H,17,19). The van der Waals surface area contributed by atoms with E-state index in [1.807, 2.05) is 23.6 Å². The van der Waals surface area contributed by atoms with E-state index in [0.717, 1.165) is 9.35 Å². The van der Waals surface area contributed by atoms with Crippen molar-refractivity contribution in [2.45, 2.75) is 6.92 Å². The first-order valence-corrected chi connectivity index (χ1v) is 7.76. The van der Waals surface area contributed by atoms with Crippen molar-refractivity contribution in [1.29, 1.82) is 0 Å². The minimum atomic E-state index is -0.182. The Morgan fingerprint density at radius 2 is 2.05 bits per heavy atom. The first-order chi connectivity index (χ1) is 10.1. The Balaban J connectivity index is 1.84. The minimum Gasteiger partial charge on any atom is -0.333 e. The predicted molar refractivity (Wildman–Crippen MR) is 84.4 cm³/mol. The number of halogens is 1. The number of benzene rings is 1. The van der Waals surface area contributed by atoms with Crippen LogP contribution in [0.4, 0.5) is 5.69 Å². The lowest BCUT2D eigenvalue weighted by molar-refractivity contribution is 0.102. The molecule has 0 saturated heterocycles. The van der Waals surface area contributed by atoms with Crippen LogP contribution in [-0.4, -0.2) is 16.0 Å². The van der Waals surface area contributed by atoms with Gasteiger partial charge in [-0.25, -0.2) is 0 Å². The lowest BCUT2D eigenvalue weighted by Crippen LogP contribution is -2.11. The Hall–Kier alpha value is -1.99. The largest absolute Gasteiger partial charge is 0.333 e. The fraction of sp³-hybridized carbons (Fsp3) is 0.0714. The molecule has 0 radical (unpaired) electrons. The average Bonchev–Trinajstić information content (AvgIpc) is 3.08. The number of thiophene rings is 1. The van der Waals surface area contributed by atoms with Crippen LogP contribution in [0.5, 0.6) is 0 Å². The molecule has 5 nitrogen and oxygen atoms in total. The molecule has 106 valence electrons. The number of carbonyl (C=O) groups is 1. The molecule has 0 saturated carbocycles. The van der Waals surface area contributed by atoms with Crippen LogP contribution in [-0.2, 0) is 0 Å². The van der Waals surface area contributed by atoms with Crippen molar-refractivity contribution >= 4 is 38.9 Å². The number of amides is 1. The van der Waals surface area contributed by atoms with Crippen molar-refractivity contribution in [2.24, 2.45) is 0 Å². The molecule has 2 heterocycles. The van der Waals surface area contributed by atoms with Crippen LogP contribution in [0, 0.1) is 6.92 Å². The van der Waals surface area contributed by atoms with Gasteiger partial charge < -0.3 is 9.84 Å². The van der Waals surface area contributed by atoms with Crippen LogP contribution in [0.3, 0.4) is 0 Å². The van der Waals surface area contributed by atoms with Gasteiger partial charge in [0.1, 0.15) is 4.88 Å². The van der Waals surface area contributed by atoms with E-state index in [0.29, 0.717) is 23.0 Å². The number of aromatic nitrogens is 2. The highest BCUT2D eigenvalue weighted by molar-refractivity contribution is 9.10. The molecule has 1 amide bonds. The summed E-state index contributed by atoms with van der Waals surface area (Å²) in [6, 6.07) is 8.97. The van der Waals surface area contributed by atoms with Crippen molar-refractivity contribution < 1.29 is 9.32 Å². The van der Waals surface area contributed by atoms with Gasteiger partial charge in [0.05, 0.1) is 5.69 Å². The third-order valence-corrected chi connectivity index (χ3v) is 4.17. The maximum absolute atomic E-state index is 12.2.